The largest absolute Gasteiger partial charge is 0.480 e. The van der Waals surface area contributed by atoms with Crippen LogP contribution in [0.4, 0.5) is 0 Å². The normalized spacial score (nSPS) is 12.5. The van der Waals surface area contributed by atoms with Crippen LogP contribution in [-0.4, -0.2) is 38.4 Å². The highest BCUT2D eigenvalue weighted by Gasteiger charge is 2.24. The topological polar surface area (TPSA) is 108 Å². The van der Waals surface area contributed by atoms with E-state index in [2.05, 4.69) is 20.7 Å². The summed E-state index contributed by atoms with van der Waals surface area (Å²) in [5.74, 6) is -1.81. The van der Waals surface area contributed by atoms with E-state index in [4.69, 9.17) is 5.11 Å². The van der Waals surface area contributed by atoms with Crippen molar-refractivity contribution in [2.45, 2.75) is 19.9 Å². The maximum absolute atomic E-state index is 11.4. The summed E-state index contributed by atoms with van der Waals surface area (Å²) in [6, 6.07) is -0.922. The highest BCUT2D eigenvalue weighted by molar-refractivity contribution is 5.94. The zero-order chi connectivity index (χ0) is 11.4. The Morgan fingerprint density at radius 1 is 1.53 bits per heavy atom. The lowest BCUT2D eigenvalue weighted by atomic mass is 10.0. The highest BCUT2D eigenvalue weighted by atomic mass is 16.4. The number of hydrogen-bond donors (Lipinski definition) is 3. The Labute approximate surface area is 85.9 Å². The smallest absolute Gasteiger partial charge is 0.326 e. The number of nitrogens with one attached hydrogen (secondary N) is 2. The maximum atomic E-state index is 11.4. The Morgan fingerprint density at radius 3 is 2.60 bits per heavy atom. The summed E-state index contributed by atoms with van der Waals surface area (Å²) in [5, 5.41) is 20.5. The number of carboxylic acid groups (broad SMARTS) is 1. The lowest BCUT2D eigenvalue weighted by Gasteiger charge is -2.16. The molecule has 1 heterocycles. The van der Waals surface area contributed by atoms with E-state index in [0.29, 0.717) is 0 Å². The number of amides is 1. The molecule has 15 heavy (non-hydrogen) atoms. The number of H-pyrrole nitrogens is 1. The fraction of sp³-hybridized carbons (Fsp3) is 0.500. The number of aromatic amines is 1. The van der Waals surface area contributed by atoms with E-state index < -0.39 is 17.9 Å². The molecular formula is C8H12N4O3. The molecule has 0 fully saturated rings. The fourth-order valence-corrected chi connectivity index (χ4v) is 1.04. The molecule has 0 aliphatic carbocycles. The predicted molar refractivity (Wildman–Crippen MR) is 50.1 cm³/mol. The third-order valence-corrected chi connectivity index (χ3v) is 1.87. The summed E-state index contributed by atoms with van der Waals surface area (Å²) in [6.07, 6.45) is 1.23. The van der Waals surface area contributed by atoms with Crippen molar-refractivity contribution >= 4 is 11.9 Å². The number of hydrogen-bond acceptors (Lipinski definition) is 4. The Morgan fingerprint density at radius 2 is 2.20 bits per heavy atom. The van der Waals surface area contributed by atoms with Crippen molar-refractivity contribution < 1.29 is 14.7 Å². The van der Waals surface area contributed by atoms with Crippen LogP contribution < -0.4 is 5.32 Å². The molecule has 1 rings (SSSR count). The molecule has 1 atom stereocenters. The van der Waals surface area contributed by atoms with Gasteiger partial charge in [-0.05, 0) is 5.92 Å². The molecule has 3 N–H and O–H groups in total. The minimum Gasteiger partial charge on any atom is -0.480 e. The van der Waals surface area contributed by atoms with Gasteiger partial charge in [-0.25, -0.2) is 4.79 Å². The minimum atomic E-state index is -1.07. The molecule has 0 aliphatic rings. The van der Waals surface area contributed by atoms with Gasteiger partial charge in [0.1, 0.15) is 6.04 Å². The number of carbonyl (C=O) groups excluding carboxylic acids is 1. The first kappa shape index (κ1) is 11.2. The van der Waals surface area contributed by atoms with Gasteiger partial charge in [0.25, 0.3) is 5.91 Å². The van der Waals surface area contributed by atoms with Crippen molar-refractivity contribution in [1.29, 1.82) is 0 Å². The predicted octanol–water partition coefficient (Wildman–Crippen LogP) is -0.356. The second kappa shape index (κ2) is 4.54. The van der Waals surface area contributed by atoms with Crippen LogP contribution in [0.1, 0.15) is 24.3 Å². The Balaban J connectivity index is 2.67. The van der Waals surface area contributed by atoms with E-state index in [0.717, 1.165) is 0 Å². The van der Waals surface area contributed by atoms with Gasteiger partial charge in [0.05, 0.1) is 6.20 Å². The first-order valence-corrected chi connectivity index (χ1v) is 4.41. The molecule has 0 aliphatic heterocycles. The fourth-order valence-electron chi connectivity index (χ4n) is 1.04. The molecule has 0 aromatic carbocycles. The van der Waals surface area contributed by atoms with Gasteiger partial charge < -0.3 is 10.4 Å². The monoisotopic (exact) mass is 212 g/mol. The molecule has 1 aromatic rings. The summed E-state index contributed by atoms with van der Waals surface area (Å²) in [4.78, 5) is 22.2. The van der Waals surface area contributed by atoms with Crippen LogP contribution in [0.5, 0.6) is 0 Å². The average molecular weight is 212 g/mol. The van der Waals surface area contributed by atoms with Crippen molar-refractivity contribution in [2.75, 3.05) is 0 Å². The molecule has 82 valence electrons. The number of aromatic nitrogens is 3. The maximum Gasteiger partial charge on any atom is 0.326 e. The van der Waals surface area contributed by atoms with Crippen LogP contribution in [0.2, 0.25) is 0 Å². The van der Waals surface area contributed by atoms with Crippen molar-refractivity contribution in [3.8, 4) is 0 Å². The minimum absolute atomic E-state index is 0.0712. The summed E-state index contributed by atoms with van der Waals surface area (Å²) < 4.78 is 0. The molecule has 1 aromatic heterocycles. The van der Waals surface area contributed by atoms with E-state index in [1.54, 1.807) is 13.8 Å². The standard InChI is InChI=1S/C8H12N4O3/c1-4(2)6(8(14)15)10-7(13)5-3-9-12-11-5/h3-4,6H,1-2H3,(H,10,13)(H,14,15)(H,9,11,12). The molecule has 1 amide bonds. The van der Waals surface area contributed by atoms with Gasteiger partial charge in [-0.15, -0.1) is 0 Å². The Kier molecular flexibility index (Phi) is 3.37. The lowest BCUT2D eigenvalue weighted by molar-refractivity contribution is -0.140. The second-order valence-electron chi connectivity index (χ2n) is 3.39. The Hall–Kier alpha value is -1.92. The molecule has 0 bridgehead atoms. The SMILES string of the molecule is CC(C)C(NC(=O)c1cn[nH]n1)C(=O)O. The number of rotatable bonds is 4. The van der Waals surface area contributed by atoms with E-state index in [9.17, 15) is 9.59 Å². The molecule has 0 spiro atoms. The van der Waals surface area contributed by atoms with Crippen LogP contribution >= 0.6 is 0 Å². The third kappa shape index (κ3) is 2.76. The highest BCUT2D eigenvalue weighted by Crippen LogP contribution is 2.02. The number of nitrogens with zero attached hydrogens (tertiary/aromatic N) is 2. The number of aliphatic carboxylic acids is 1. The zero-order valence-corrected chi connectivity index (χ0v) is 8.39. The molecule has 0 radical (unpaired) electrons. The van der Waals surface area contributed by atoms with Crippen molar-refractivity contribution in [3.63, 3.8) is 0 Å². The van der Waals surface area contributed by atoms with Crippen molar-refractivity contribution in [3.05, 3.63) is 11.9 Å². The van der Waals surface area contributed by atoms with Gasteiger partial charge in [-0.2, -0.15) is 15.4 Å². The summed E-state index contributed by atoms with van der Waals surface area (Å²) in [5.41, 5.74) is 0.0712. The van der Waals surface area contributed by atoms with Crippen LogP contribution in [0.25, 0.3) is 0 Å². The van der Waals surface area contributed by atoms with Gasteiger partial charge in [0.15, 0.2) is 5.69 Å². The van der Waals surface area contributed by atoms with Gasteiger partial charge in [0, 0.05) is 0 Å². The van der Waals surface area contributed by atoms with Gasteiger partial charge >= 0.3 is 5.97 Å². The van der Waals surface area contributed by atoms with E-state index in [-0.39, 0.29) is 11.6 Å². The molecule has 7 nitrogen and oxygen atoms in total. The van der Waals surface area contributed by atoms with Crippen LogP contribution in [0.15, 0.2) is 6.20 Å². The molecule has 7 heteroatoms. The summed E-state index contributed by atoms with van der Waals surface area (Å²) in [6.45, 7) is 3.42. The van der Waals surface area contributed by atoms with Crippen LogP contribution in [0, 0.1) is 5.92 Å². The van der Waals surface area contributed by atoms with E-state index >= 15 is 0 Å². The van der Waals surface area contributed by atoms with E-state index in [1.807, 2.05) is 0 Å². The second-order valence-corrected chi connectivity index (χ2v) is 3.39. The van der Waals surface area contributed by atoms with Crippen molar-refractivity contribution in [1.82, 2.24) is 20.7 Å². The number of carbonyl (C=O) groups is 2. The first-order chi connectivity index (χ1) is 7.02. The van der Waals surface area contributed by atoms with E-state index in [1.165, 1.54) is 6.20 Å². The van der Waals surface area contributed by atoms with Crippen LogP contribution in [-0.2, 0) is 4.79 Å². The van der Waals surface area contributed by atoms with Gasteiger partial charge in [0.2, 0.25) is 0 Å². The average Bonchev–Trinajstić information content (AvgIpc) is 2.65. The first-order valence-electron chi connectivity index (χ1n) is 4.41. The molecule has 0 saturated heterocycles. The zero-order valence-electron chi connectivity index (χ0n) is 8.39. The molecular weight excluding hydrogens is 200 g/mol. The Bertz CT molecular complexity index is 347. The summed E-state index contributed by atoms with van der Waals surface area (Å²) in [7, 11) is 0. The van der Waals surface area contributed by atoms with Crippen LogP contribution in [0.3, 0.4) is 0 Å². The summed E-state index contributed by atoms with van der Waals surface area (Å²) >= 11 is 0. The number of carboxylic acids is 1. The third-order valence-electron chi connectivity index (χ3n) is 1.87. The van der Waals surface area contributed by atoms with Crippen molar-refractivity contribution in [2.24, 2.45) is 5.92 Å². The quantitative estimate of drug-likeness (QED) is 0.631. The van der Waals surface area contributed by atoms with Gasteiger partial charge in [-0.1, -0.05) is 13.8 Å². The van der Waals surface area contributed by atoms with Gasteiger partial charge in [-0.3, -0.25) is 4.79 Å². The molecule has 0 saturated carbocycles. The molecule has 1 unspecified atom stereocenters. The lowest BCUT2D eigenvalue weighted by Crippen LogP contribution is -2.44.